The number of hydrogen-bond donors (Lipinski definition) is 0. The molecule has 1 nitrogen and oxygen atoms in total. The molecule has 0 bridgehead atoms. The molecule has 0 aliphatic rings. The van der Waals surface area contributed by atoms with Crippen LogP contribution >= 0.6 is 0 Å². The number of rotatable bonds is 20. The Morgan fingerprint density at radius 1 is 0.560 bits per heavy atom. The Morgan fingerprint density at radius 2 is 0.920 bits per heavy atom. The average molecular weight is 353 g/mol. The van der Waals surface area contributed by atoms with E-state index in [0.29, 0.717) is 0 Å². The number of hydrogen-bond acceptors (Lipinski definition) is 1. The van der Waals surface area contributed by atoms with Crippen LogP contribution in [-0.4, -0.2) is 7.11 Å². The van der Waals surface area contributed by atoms with Crippen molar-refractivity contribution in [1.82, 2.24) is 0 Å². The zero-order valence-corrected chi connectivity index (χ0v) is 17.9. The summed E-state index contributed by atoms with van der Waals surface area (Å²) < 4.78 is 5.14. The van der Waals surface area contributed by atoms with Crippen LogP contribution in [0.25, 0.3) is 0 Å². The topological polar surface area (TPSA) is 9.23 Å². The van der Waals surface area contributed by atoms with E-state index in [4.69, 9.17) is 4.74 Å². The number of allylic oxidation sites excluding steroid dienone is 1. The van der Waals surface area contributed by atoms with Gasteiger partial charge in [-0.25, -0.2) is 0 Å². The molecule has 0 radical (unpaired) electrons. The molecule has 1 atom stereocenters. The Balaban J connectivity index is 3.52. The fourth-order valence-corrected chi connectivity index (χ4v) is 3.61. The lowest BCUT2D eigenvalue weighted by Crippen LogP contribution is -1.98. The summed E-state index contributed by atoms with van der Waals surface area (Å²) in [5, 5.41) is 0. The molecule has 0 fully saturated rings. The predicted molar refractivity (Wildman–Crippen MR) is 114 cm³/mol. The number of methoxy groups -OCH3 is 1. The van der Waals surface area contributed by atoms with Gasteiger partial charge in [0.05, 0.1) is 13.4 Å². The molecule has 1 unspecified atom stereocenters. The molecule has 0 heterocycles. The summed E-state index contributed by atoms with van der Waals surface area (Å²) in [7, 11) is 1.76. The van der Waals surface area contributed by atoms with E-state index in [1.807, 2.05) is 6.26 Å². The van der Waals surface area contributed by atoms with Crippen molar-refractivity contribution in [3.63, 3.8) is 0 Å². The lowest BCUT2D eigenvalue weighted by Gasteiger charge is -2.12. The molecule has 0 rings (SSSR count). The first-order valence-corrected chi connectivity index (χ1v) is 11.5. The van der Waals surface area contributed by atoms with Gasteiger partial charge in [0.25, 0.3) is 0 Å². The Morgan fingerprint density at radius 3 is 1.28 bits per heavy atom. The van der Waals surface area contributed by atoms with Gasteiger partial charge in [0.2, 0.25) is 0 Å². The maximum absolute atomic E-state index is 5.14. The molecule has 1 heteroatoms. The largest absolute Gasteiger partial charge is 0.505 e. The molecule has 0 aliphatic heterocycles. The Kier molecular flexibility index (Phi) is 21.2. The van der Waals surface area contributed by atoms with Gasteiger partial charge < -0.3 is 4.74 Å². The lowest BCUT2D eigenvalue weighted by atomic mass is 9.94. The van der Waals surface area contributed by atoms with Gasteiger partial charge in [-0.05, 0) is 24.8 Å². The van der Waals surface area contributed by atoms with E-state index < -0.39 is 0 Å². The first-order valence-electron chi connectivity index (χ1n) is 11.5. The highest BCUT2D eigenvalue weighted by molar-refractivity contribution is 4.83. The Hall–Kier alpha value is -0.460. The zero-order valence-electron chi connectivity index (χ0n) is 17.9. The molecule has 0 aliphatic carbocycles. The summed E-state index contributed by atoms with van der Waals surface area (Å²) in [5.41, 5.74) is 0. The van der Waals surface area contributed by atoms with Gasteiger partial charge in [0.1, 0.15) is 0 Å². The van der Waals surface area contributed by atoms with Crippen molar-refractivity contribution in [3.05, 3.63) is 12.3 Å². The molecule has 25 heavy (non-hydrogen) atoms. The van der Waals surface area contributed by atoms with Crippen LogP contribution < -0.4 is 0 Å². The van der Waals surface area contributed by atoms with Gasteiger partial charge in [-0.3, -0.25) is 0 Å². The molecular formula is C24H48O. The Bertz CT molecular complexity index is 259. The highest BCUT2D eigenvalue weighted by atomic mass is 16.5. The zero-order chi connectivity index (χ0) is 18.4. The average Bonchev–Trinajstić information content (AvgIpc) is 2.63. The summed E-state index contributed by atoms with van der Waals surface area (Å²) in [6.07, 6.45) is 29.6. The molecule has 0 N–H and O–H groups in total. The van der Waals surface area contributed by atoms with Crippen molar-refractivity contribution < 1.29 is 4.74 Å². The summed E-state index contributed by atoms with van der Waals surface area (Å²) >= 11 is 0. The molecule has 0 saturated heterocycles. The normalized spacial score (nSPS) is 12.8. The van der Waals surface area contributed by atoms with E-state index in [2.05, 4.69) is 19.9 Å². The van der Waals surface area contributed by atoms with Crippen LogP contribution in [0.15, 0.2) is 12.3 Å². The van der Waals surface area contributed by atoms with Crippen LogP contribution in [0.5, 0.6) is 0 Å². The van der Waals surface area contributed by atoms with Crippen LogP contribution in [0, 0.1) is 5.92 Å². The highest BCUT2D eigenvalue weighted by Crippen LogP contribution is 2.20. The minimum absolute atomic E-state index is 0.736. The van der Waals surface area contributed by atoms with E-state index in [9.17, 15) is 0 Å². The lowest BCUT2D eigenvalue weighted by molar-refractivity contribution is 0.330. The first-order chi connectivity index (χ1) is 12.3. The molecular weight excluding hydrogens is 304 g/mol. The summed E-state index contributed by atoms with van der Waals surface area (Å²) in [4.78, 5) is 0. The summed E-state index contributed by atoms with van der Waals surface area (Å²) in [6.45, 7) is 4.58. The molecule has 150 valence electrons. The predicted octanol–water partition coefficient (Wildman–Crippen LogP) is 8.82. The fraction of sp³-hybridized carbons (Fsp3) is 0.917. The standard InChI is InChI=1S/C24H48O/c1-4-6-8-10-11-12-13-14-15-17-19-21-24(22-23-25-3)20-18-16-9-7-5-2/h22-24H,4-21H2,1-3H3/b23-22+. The van der Waals surface area contributed by atoms with Crippen molar-refractivity contribution in [2.75, 3.05) is 7.11 Å². The van der Waals surface area contributed by atoms with Crippen molar-refractivity contribution in [2.45, 2.75) is 129 Å². The molecule has 0 saturated carbocycles. The van der Waals surface area contributed by atoms with Crippen LogP contribution in [0.4, 0.5) is 0 Å². The second-order valence-electron chi connectivity index (χ2n) is 7.85. The molecule has 0 spiro atoms. The number of unbranched alkanes of at least 4 members (excludes halogenated alkanes) is 14. The monoisotopic (exact) mass is 352 g/mol. The summed E-state index contributed by atoms with van der Waals surface area (Å²) in [5.74, 6) is 0.736. The third kappa shape index (κ3) is 19.7. The van der Waals surface area contributed by atoms with Crippen molar-refractivity contribution in [2.24, 2.45) is 5.92 Å². The number of ether oxygens (including phenoxy) is 1. The quantitative estimate of drug-likeness (QED) is 0.157. The third-order valence-electron chi connectivity index (χ3n) is 5.34. The SMILES string of the molecule is CCCCCCCCCCCCCC(/C=C/OC)CCCCCCC. The van der Waals surface area contributed by atoms with E-state index in [-0.39, 0.29) is 0 Å². The van der Waals surface area contributed by atoms with Crippen LogP contribution in [0.1, 0.15) is 129 Å². The highest BCUT2D eigenvalue weighted by Gasteiger charge is 2.05. The third-order valence-corrected chi connectivity index (χ3v) is 5.34. The van der Waals surface area contributed by atoms with Gasteiger partial charge >= 0.3 is 0 Å². The summed E-state index contributed by atoms with van der Waals surface area (Å²) in [6, 6.07) is 0. The van der Waals surface area contributed by atoms with Crippen molar-refractivity contribution in [3.8, 4) is 0 Å². The second kappa shape index (κ2) is 21.6. The fourth-order valence-electron chi connectivity index (χ4n) is 3.61. The maximum atomic E-state index is 5.14. The minimum atomic E-state index is 0.736. The van der Waals surface area contributed by atoms with E-state index in [1.54, 1.807) is 7.11 Å². The van der Waals surface area contributed by atoms with Gasteiger partial charge in [0.15, 0.2) is 0 Å². The van der Waals surface area contributed by atoms with Gasteiger partial charge in [-0.2, -0.15) is 0 Å². The van der Waals surface area contributed by atoms with Crippen LogP contribution in [-0.2, 0) is 4.74 Å². The molecule has 0 amide bonds. The second-order valence-corrected chi connectivity index (χ2v) is 7.85. The van der Waals surface area contributed by atoms with Gasteiger partial charge in [0, 0.05) is 0 Å². The van der Waals surface area contributed by atoms with E-state index in [0.717, 1.165) is 5.92 Å². The maximum Gasteiger partial charge on any atom is 0.0787 e. The van der Waals surface area contributed by atoms with Gasteiger partial charge in [-0.1, -0.05) is 117 Å². The van der Waals surface area contributed by atoms with Crippen molar-refractivity contribution in [1.29, 1.82) is 0 Å². The van der Waals surface area contributed by atoms with E-state index >= 15 is 0 Å². The molecule has 0 aromatic carbocycles. The van der Waals surface area contributed by atoms with Crippen LogP contribution in [0.3, 0.4) is 0 Å². The van der Waals surface area contributed by atoms with Gasteiger partial charge in [-0.15, -0.1) is 0 Å². The smallest absolute Gasteiger partial charge is 0.0787 e. The van der Waals surface area contributed by atoms with E-state index in [1.165, 1.54) is 116 Å². The minimum Gasteiger partial charge on any atom is -0.505 e. The van der Waals surface area contributed by atoms with Crippen LogP contribution in [0.2, 0.25) is 0 Å². The first kappa shape index (κ1) is 24.5. The Labute approximate surface area is 160 Å². The van der Waals surface area contributed by atoms with Crippen molar-refractivity contribution >= 4 is 0 Å². The molecule has 0 aromatic heterocycles. The molecule has 0 aromatic rings.